The van der Waals surface area contributed by atoms with Crippen molar-refractivity contribution in [2.45, 2.75) is 58.3 Å². The fourth-order valence-corrected chi connectivity index (χ4v) is 1.27. The van der Waals surface area contributed by atoms with Crippen LogP contribution in [0.2, 0.25) is 0 Å². The molecule has 3 heteroatoms. The average Bonchev–Trinajstić information content (AvgIpc) is 2.08. The number of carboxylic acid groups (broad SMARTS) is 1. The Balaban J connectivity index is -0.0000000672. The average molecular weight is 199 g/mol. The van der Waals surface area contributed by atoms with E-state index in [4.69, 9.17) is 5.11 Å². The summed E-state index contributed by atoms with van der Waals surface area (Å²) in [4.78, 5) is 9.60. The molecular formula is C10H22MgO2. The van der Waals surface area contributed by atoms with E-state index in [-0.39, 0.29) is 25.9 Å². The third-order valence-corrected chi connectivity index (χ3v) is 1.96. The van der Waals surface area contributed by atoms with Crippen molar-refractivity contribution in [3.63, 3.8) is 0 Å². The molecule has 0 aromatic rings. The van der Waals surface area contributed by atoms with E-state index in [1.807, 2.05) is 6.92 Å². The molecule has 0 bridgehead atoms. The summed E-state index contributed by atoms with van der Waals surface area (Å²) in [5.74, 6) is -0.711. The van der Waals surface area contributed by atoms with Gasteiger partial charge in [0, 0.05) is 6.42 Å². The first kappa shape index (κ1) is 15.7. The summed E-state index contributed by atoms with van der Waals surface area (Å²) < 4.78 is 0. The van der Waals surface area contributed by atoms with Crippen LogP contribution < -0.4 is 0 Å². The van der Waals surface area contributed by atoms with E-state index in [2.05, 4.69) is 0 Å². The first-order chi connectivity index (χ1) is 5.77. The van der Waals surface area contributed by atoms with Gasteiger partial charge in [0.15, 0.2) is 0 Å². The van der Waals surface area contributed by atoms with Crippen LogP contribution in [0.4, 0.5) is 0 Å². The van der Waals surface area contributed by atoms with Gasteiger partial charge in [0.25, 0.3) is 0 Å². The Morgan fingerprint density at radius 2 is 1.46 bits per heavy atom. The summed E-state index contributed by atoms with van der Waals surface area (Å²) >= 11 is 0. The third-order valence-electron chi connectivity index (χ3n) is 1.96. The quantitative estimate of drug-likeness (QED) is 0.693. The van der Waals surface area contributed by atoms with Crippen LogP contribution in [0.3, 0.4) is 0 Å². The largest absolute Gasteiger partial charge is 2.00 e. The molecule has 1 aliphatic carbocycles. The first-order valence-corrected chi connectivity index (χ1v) is 4.99. The molecule has 2 nitrogen and oxygen atoms in total. The fourth-order valence-electron chi connectivity index (χ4n) is 1.27. The topological polar surface area (TPSA) is 37.3 Å². The van der Waals surface area contributed by atoms with Crippen molar-refractivity contribution in [2.24, 2.45) is 0 Å². The molecular weight excluding hydrogens is 176 g/mol. The van der Waals surface area contributed by atoms with E-state index in [0.717, 1.165) is 6.42 Å². The first-order valence-electron chi connectivity index (χ1n) is 4.99. The number of carboxylic acids is 1. The van der Waals surface area contributed by atoms with Crippen LogP contribution >= 0.6 is 0 Å². The Morgan fingerprint density at radius 3 is 1.54 bits per heavy atom. The zero-order chi connectivity index (χ0) is 9.23. The Hall–Kier alpha value is 0.236. The molecule has 1 aliphatic rings. The molecule has 0 atom stereocenters. The molecule has 1 saturated carbocycles. The van der Waals surface area contributed by atoms with Gasteiger partial charge in [0.1, 0.15) is 0 Å². The van der Waals surface area contributed by atoms with Gasteiger partial charge in [-0.15, -0.1) is 0 Å². The van der Waals surface area contributed by atoms with Crippen LogP contribution in [-0.4, -0.2) is 34.1 Å². The van der Waals surface area contributed by atoms with Crippen molar-refractivity contribution < 1.29 is 12.8 Å². The van der Waals surface area contributed by atoms with Crippen LogP contribution in [0.25, 0.3) is 0 Å². The second kappa shape index (κ2) is 12.2. The molecule has 0 saturated heterocycles. The zero-order valence-electron chi connectivity index (χ0n) is 10.7. The van der Waals surface area contributed by atoms with Gasteiger partial charge in [-0.1, -0.05) is 45.4 Å². The van der Waals surface area contributed by atoms with E-state index in [1.165, 1.54) is 38.5 Å². The number of rotatable bonds is 2. The minimum atomic E-state index is -0.711. The maximum absolute atomic E-state index is 9.60. The Kier molecular flexibility index (Phi) is 14.8. The van der Waals surface area contributed by atoms with E-state index >= 15 is 0 Å². The van der Waals surface area contributed by atoms with Crippen LogP contribution in [0.15, 0.2) is 0 Å². The summed E-state index contributed by atoms with van der Waals surface area (Å²) in [5.41, 5.74) is 0. The van der Waals surface area contributed by atoms with Crippen LogP contribution in [-0.2, 0) is 4.79 Å². The van der Waals surface area contributed by atoms with Gasteiger partial charge in [-0.25, -0.2) is 0 Å². The van der Waals surface area contributed by atoms with Crippen molar-refractivity contribution in [3.8, 4) is 0 Å². The second-order valence-electron chi connectivity index (χ2n) is 3.27. The molecule has 76 valence electrons. The standard InChI is InChI=1S/C6H12.C4H8O2.Mg.2H/c1-2-4-6-5-3-1;1-2-3-4(5)6;;;/h1-6H2;2-3H2,1H3,(H,5,6);;;/q;;+2;2*-1. The predicted molar refractivity (Wildman–Crippen MR) is 58.2 cm³/mol. The van der Waals surface area contributed by atoms with Gasteiger partial charge in [-0.2, -0.15) is 0 Å². The van der Waals surface area contributed by atoms with E-state index in [0.29, 0.717) is 6.42 Å². The summed E-state index contributed by atoms with van der Waals surface area (Å²) in [6.07, 6.45) is 10.0. The van der Waals surface area contributed by atoms with Crippen LogP contribution in [0, 0.1) is 0 Å². The molecule has 1 fully saturated rings. The maximum Gasteiger partial charge on any atom is 2.00 e. The summed E-state index contributed by atoms with van der Waals surface area (Å²) in [5, 5.41) is 7.91. The Morgan fingerprint density at radius 1 is 1.15 bits per heavy atom. The van der Waals surface area contributed by atoms with Crippen molar-refractivity contribution in [2.75, 3.05) is 0 Å². The predicted octanol–water partition coefficient (Wildman–Crippen LogP) is 3.06. The SMILES string of the molecule is C1CCCCC1.CCCC(=O)O.[H-].[H-].[Mg+2]. The second-order valence-corrected chi connectivity index (χ2v) is 3.27. The van der Waals surface area contributed by atoms with Crippen molar-refractivity contribution in [1.29, 1.82) is 0 Å². The molecule has 1 N–H and O–H groups in total. The molecule has 0 unspecified atom stereocenters. The number of aliphatic carboxylic acids is 1. The summed E-state index contributed by atoms with van der Waals surface area (Å²) in [7, 11) is 0. The van der Waals surface area contributed by atoms with Crippen molar-refractivity contribution in [1.82, 2.24) is 0 Å². The molecule has 0 amide bonds. The molecule has 0 aromatic heterocycles. The monoisotopic (exact) mass is 198 g/mol. The van der Waals surface area contributed by atoms with Crippen molar-refractivity contribution >= 4 is 29.0 Å². The fraction of sp³-hybridized carbons (Fsp3) is 0.900. The van der Waals surface area contributed by atoms with E-state index < -0.39 is 5.97 Å². The molecule has 0 radical (unpaired) electrons. The normalized spacial score (nSPS) is 14.8. The molecule has 0 spiro atoms. The molecule has 1 rings (SSSR count). The number of carbonyl (C=O) groups is 1. The van der Waals surface area contributed by atoms with Gasteiger partial charge in [-0.05, 0) is 6.42 Å². The Bertz CT molecular complexity index is 108. The van der Waals surface area contributed by atoms with Crippen molar-refractivity contribution in [3.05, 3.63) is 0 Å². The van der Waals surface area contributed by atoms with Gasteiger partial charge < -0.3 is 7.96 Å². The van der Waals surface area contributed by atoms with E-state index in [9.17, 15) is 4.79 Å². The van der Waals surface area contributed by atoms with Crippen LogP contribution in [0.1, 0.15) is 61.1 Å². The zero-order valence-corrected chi connectivity index (χ0v) is 10.1. The van der Waals surface area contributed by atoms with Gasteiger partial charge in [-0.3, -0.25) is 4.79 Å². The van der Waals surface area contributed by atoms with E-state index in [1.54, 1.807) is 0 Å². The minimum absolute atomic E-state index is 0. The molecule has 13 heavy (non-hydrogen) atoms. The van der Waals surface area contributed by atoms with Gasteiger partial charge in [0.2, 0.25) is 0 Å². The number of hydrogen-bond acceptors (Lipinski definition) is 1. The molecule has 0 aliphatic heterocycles. The molecule has 0 aromatic carbocycles. The van der Waals surface area contributed by atoms with Gasteiger partial charge in [0.05, 0.1) is 0 Å². The van der Waals surface area contributed by atoms with Crippen LogP contribution in [0.5, 0.6) is 0 Å². The molecule has 0 heterocycles. The maximum atomic E-state index is 9.60. The Labute approximate surface area is 100 Å². The number of hydrogen-bond donors (Lipinski definition) is 1. The smallest absolute Gasteiger partial charge is 1.00 e. The summed E-state index contributed by atoms with van der Waals surface area (Å²) in [6.45, 7) is 1.84. The minimum Gasteiger partial charge on any atom is -1.00 e. The third kappa shape index (κ3) is 15.0. The van der Waals surface area contributed by atoms with Gasteiger partial charge >= 0.3 is 29.0 Å². The summed E-state index contributed by atoms with van der Waals surface area (Å²) in [6, 6.07) is 0.